The highest BCUT2D eigenvalue weighted by atomic mass is 16.3. The molecule has 0 amide bonds. The van der Waals surface area contributed by atoms with Gasteiger partial charge in [-0.3, -0.25) is 0 Å². The highest BCUT2D eigenvalue weighted by Crippen LogP contribution is 2.23. The lowest BCUT2D eigenvalue weighted by molar-refractivity contribution is 0.196. The fourth-order valence-corrected chi connectivity index (χ4v) is 3.42. The van der Waals surface area contributed by atoms with E-state index in [1.165, 1.54) is 19.5 Å². The van der Waals surface area contributed by atoms with E-state index in [4.69, 9.17) is 4.98 Å². The summed E-state index contributed by atoms with van der Waals surface area (Å²) in [5.41, 5.74) is 0. The Morgan fingerprint density at radius 2 is 2.05 bits per heavy atom. The second kappa shape index (κ2) is 5.82. The number of aromatic nitrogens is 3. The summed E-state index contributed by atoms with van der Waals surface area (Å²) in [6.07, 6.45) is 4.18. The summed E-state index contributed by atoms with van der Waals surface area (Å²) >= 11 is 0. The molecule has 2 atom stereocenters. The van der Waals surface area contributed by atoms with Gasteiger partial charge in [-0.25, -0.2) is 9.67 Å². The molecule has 0 aliphatic carbocycles. The first kappa shape index (κ1) is 14.0. The van der Waals surface area contributed by atoms with Gasteiger partial charge >= 0.3 is 0 Å². The van der Waals surface area contributed by atoms with Gasteiger partial charge in [-0.05, 0) is 45.1 Å². The van der Waals surface area contributed by atoms with Gasteiger partial charge in [0.1, 0.15) is 5.82 Å². The summed E-state index contributed by atoms with van der Waals surface area (Å²) in [4.78, 5) is 7.25. The molecule has 0 saturated carbocycles. The minimum Gasteiger partial charge on any atom is -0.396 e. The number of hydrogen-bond donors (Lipinski definition) is 1. The molecule has 1 aromatic rings. The molecule has 112 valence electrons. The average molecular weight is 278 g/mol. The van der Waals surface area contributed by atoms with E-state index in [1.807, 2.05) is 0 Å². The molecule has 0 radical (unpaired) electrons. The molecule has 5 nitrogen and oxygen atoms in total. The zero-order valence-electron chi connectivity index (χ0n) is 12.6. The summed E-state index contributed by atoms with van der Waals surface area (Å²) in [7, 11) is 0. The van der Waals surface area contributed by atoms with Gasteiger partial charge in [-0.15, -0.1) is 0 Å². The third kappa shape index (κ3) is 2.88. The van der Waals surface area contributed by atoms with E-state index in [9.17, 15) is 5.11 Å². The molecule has 0 bridgehead atoms. The van der Waals surface area contributed by atoms with Crippen molar-refractivity contribution in [1.82, 2.24) is 19.7 Å². The predicted molar refractivity (Wildman–Crippen MR) is 77.4 cm³/mol. The van der Waals surface area contributed by atoms with E-state index in [2.05, 4.69) is 28.5 Å². The van der Waals surface area contributed by atoms with Gasteiger partial charge in [0, 0.05) is 38.6 Å². The minimum atomic E-state index is 0.272. The van der Waals surface area contributed by atoms with Gasteiger partial charge in [0.2, 0.25) is 0 Å². The van der Waals surface area contributed by atoms with Gasteiger partial charge < -0.3 is 10.0 Å². The molecule has 1 fully saturated rings. The molecular weight excluding hydrogens is 252 g/mol. The van der Waals surface area contributed by atoms with Crippen molar-refractivity contribution in [2.75, 3.05) is 19.7 Å². The van der Waals surface area contributed by atoms with Crippen LogP contribution in [-0.2, 0) is 19.4 Å². The minimum absolute atomic E-state index is 0.272. The second-order valence-corrected chi connectivity index (χ2v) is 6.66. The number of rotatable bonds is 4. The third-order valence-electron chi connectivity index (χ3n) is 4.79. The van der Waals surface area contributed by atoms with Crippen LogP contribution in [0.3, 0.4) is 0 Å². The normalized spacial score (nSPS) is 27.2. The summed E-state index contributed by atoms with van der Waals surface area (Å²) in [5.74, 6) is 3.16. The van der Waals surface area contributed by atoms with E-state index in [0.29, 0.717) is 17.9 Å². The maximum Gasteiger partial charge on any atom is 0.151 e. The molecule has 1 aromatic heterocycles. The Morgan fingerprint density at radius 1 is 1.25 bits per heavy atom. The summed E-state index contributed by atoms with van der Waals surface area (Å²) in [6.45, 7) is 8.11. The van der Waals surface area contributed by atoms with Gasteiger partial charge in [0.15, 0.2) is 5.82 Å². The zero-order valence-corrected chi connectivity index (χ0v) is 12.6. The van der Waals surface area contributed by atoms with Crippen molar-refractivity contribution in [3.05, 3.63) is 11.6 Å². The van der Waals surface area contributed by atoms with Gasteiger partial charge in [0.05, 0.1) is 0 Å². The van der Waals surface area contributed by atoms with Crippen LogP contribution < -0.4 is 0 Å². The van der Waals surface area contributed by atoms with Crippen LogP contribution in [0.4, 0.5) is 0 Å². The first-order chi connectivity index (χ1) is 9.65. The monoisotopic (exact) mass is 278 g/mol. The largest absolute Gasteiger partial charge is 0.396 e. The predicted octanol–water partition coefficient (Wildman–Crippen LogP) is 1.11. The van der Waals surface area contributed by atoms with Crippen molar-refractivity contribution in [2.45, 2.75) is 52.1 Å². The van der Waals surface area contributed by atoms with Crippen LogP contribution in [0.15, 0.2) is 0 Å². The lowest BCUT2D eigenvalue weighted by Gasteiger charge is -2.19. The molecular formula is C15H26N4O. The van der Waals surface area contributed by atoms with Crippen LogP contribution >= 0.6 is 0 Å². The Kier molecular flexibility index (Phi) is 4.08. The van der Waals surface area contributed by atoms with Crippen LogP contribution in [0.1, 0.15) is 38.3 Å². The fraction of sp³-hybridized carbons (Fsp3) is 0.867. The maximum atomic E-state index is 9.27. The number of hydrogen-bond acceptors (Lipinski definition) is 4. The molecule has 20 heavy (non-hydrogen) atoms. The van der Waals surface area contributed by atoms with Gasteiger partial charge in [0.25, 0.3) is 0 Å². The number of fused-ring (bicyclic) bond motifs is 1. The summed E-state index contributed by atoms with van der Waals surface area (Å²) < 4.78 is 2.05. The Labute approximate surface area is 121 Å². The Hall–Kier alpha value is -0.940. The van der Waals surface area contributed by atoms with Crippen molar-refractivity contribution in [3.8, 4) is 0 Å². The number of aryl methyl sites for hydroxylation is 1. The lowest BCUT2D eigenvalue weighted by Crippen LogP contribution is -2.28. The quantitative estimate of drug-likeness (QED) is 0.896. The van der Waals surface area contributed by atoms with Crippen LogP contribution in [0, 0.1) is 11.8 Å². The molecule has 2 aliphatic rings. The van der Waals surface area contributed by atoms with E-state index in [1.54, 1.807) is 0 Å². The third-order valence-corrected chi connectivity index (χ3v) is 4.79. The molecule has 1 saturated heterocycles. The van der Waals surface area contributed by atoms with E-state index >= 15 is 0 Å². The van der Waals surface area contributed by atoms with Crippen molar-refractivity contribution in [1.29, 1.82) is 0 Å². The molecule has 0 aromatic carbocycles. The summed E-state index contributed by atoms with van der Waals surface area (Å²) in [6, 6.07) is 0.647. The average Bonchev–Trinajstić information content (AvgIpc) is 3.04. The highest BCUT2D eigenvalue weighted by Gasteiger charge is 2.27. The molecule has 0 spiro atoms. The number of aliphatic hydroxyl groups is 1. The Morgan fingerprint density at radius 3 is 2.75 bits per heavy atom. The molecule has 3 rings (SSSR count). The summed E-state index contributed by atoms with van der Waals surface area (Å²) in [5, 5.41) is 13.9. The highest BCUT2D eigenvalue weighted by molar-refractivity contribution is 4.99. The molecule has 5 heteroatoms. The number of likely N-dealkylation sites (tertiary alicyclic amines) is 1. The van der Waals surface area contributed by atoms with Crippen LogP contribution in [-0.4, -0.2) is 50.5 Å². The lowest BCUT2D eigenvalue weighted by atomic mass is 9.99. The zero-order chi connectivity index (χ0) is 14.1. The van der Waals surface area contributed by atoms with E-state index < -0.39 is 0 Å². The van der Waals surface area contributed by atoms with Gasteiger partial charge in [-0.2, -0.15) is 5.10 Å². The molecule has 3 heterocycles. The van der Waals surface area contributed by atoms with Crippen molar-refractivity contribution in [2.24, 2.45) is 11.8 Å². The second-order valence-electron chi connectivity index (χ2n) is 6.66. The van der Waals surface area contributed by atoms with E-state index in [0.717, 1.165) is 37.5 Å². The molecule has 2 unspecified atom stereocenters. The van der Waals surface area contributed by atoms with Crippen LogP contribution in [0.2, 0.25) is 0 Å². The molecule has 2 aliphatic heterocycles. The van der Waals surface area contributed by atoms with Crippen molar-refractivity contribution < 1.29 is 5.11 Å². The van der Waals surface area contributed by atoms with E-state index in [-0.39, 0.29) is 6.61 Å². The standard InChI is InChI=1S/C15H26N4O/c1-11(2)18-5-3-12(9-18)7-14-16-15-8-13(10-20)4-6-19(15)17-14/h11-13,20H,3-10H2,1-2H3. The smallest absolute Gasteiger partial charge is 0.151 e. The van der Waals surface area contributed by atoms with Gasteiger partial charge in [-0.1, -0.05) is 0 Å². The SMILES string of the molecule is CC(C)N1CCC(Cc2nc3n(n2)CCC(CO)C3)C1. The number of aliphatic hydroxyl groups excluding tert-OH is 1. The topological polar surface area (TPSA) is 54.2 Å². The first-order valence-electron chi connectivity index (χ1n) is 7.93. The first-order valence-corrected chi connectivity index (χ1v) is 7.93. The van der Waals surface area contributed by atoms with Crippen LogP contribution in [0.5, 0.6) is 0 Å². The van der Waals surface area contributed by atoms with Crippen molar-refractivity contribution in [3.63, 3.8) is 0 Å². The maximum absolute atomic E-state index is 9.27. The fourth-order valence-electron chi connectivity index (χ4n) is 3.42. The molecule has 1 N–H and O–H groups in total. The number of nitrogens with zero attached hydrogens (tertiary/aromatic N) is 4. The van der Waals surface area contributed by atoms with Crippen molar-refractivity contribution >= 4 is 0 Å². The Bertz CT molecular complexity index is 457. The Balaban J connectivity index is 1.61. The van der Waals surface area contributed by atoms with Crippen LogP contribution in [0.25, 0.3) is 0 Å².